The van der Waals surface area contributed by atoms with Crippen molar-refractivity contribution in [3.63, 3.8) is 0 Å². The van der Waals surface area contributed by atoms with Crippen LogP contribution in [0.5, 0.6) is 0 Å². The Labute approximate surface area is 95.5 Å². The number of aliphatic hydroxyl groups is 1. The van der Waals surface area contributed by atoms with Gasteiger partial charge in [-0.25, -0.2) is 4.39 Å². The van der Waals surface area contributed by atoms with Gasteiger partial charge in [-0.3, -0.25) is 0 Å². The number of benzene rings is 1. The predicted octanol–water partition coefficient (Wildman–Crippen LogP) is 2.26. The Morgan fingerprint density at radius 2 is 1.88 bits per heavy atom. The van der Waals surface area contributed by atoms with Crippen molar-refractivity contribution in [1.29, 1.82) is 0 Å². The van der Waals surface area contributed by atoms with Crippen molar-refractivity contribution < 1.29 is 22.7 Å². The minimum absolute atomic E-state index is 0. The van der Waals surface area contributed by atoms with E-state index in [9.17, 15) is 17.6 Å². The monoisotopic (exact) mass is 259 g/mol. The number of nitrogens with two attached hydrogens (primary N) is 1. The van der Waals surface area contributed by atoms with Crippen molar-refractivity contribution in [2.24, 2.45) is 5.73 Å². The van der Waals surface area contributed by atoms with Crippen LogP contribution >= 0.6 is 12.4 Å². The van der Waals surface area contributed by atoms with E-state index in [1.807, 2.05) is 0 Å². The van der Waals surface area contributed by atoms with E-state index in [0.717, 1.165) is 12.1 Å². The standard InChI is InChI=1S/C9H9F4NO.ClH/c10-8-5(7(14)4-15)2-1-3-6(8)9(11,12)13;/h1-3,7,15H,4,14H2;1H/t7-;/m0./s1. The maximum absolute atomic E-state index is 13.3. The summed E-state index contributed by atoms with van der Waals surface area (Å²) in [6, 6.07) is 1.65. The lowest BCUT2D eigenvalue weighted by Gasteiger charge is -2.14. The molecule has 2 nitrogen and oxygen atoms in total. The van der Waals surface area contributed by atoms with Crippen molar-refractivity contribution in [1.82, 2.24) is 0 Å². The van der Waals surface area contributed by atoms with Gasteiger partial charge < -0.3 is 10.8 Å². The van der Waals surface area contributed by atoms with E-state index < -0.39 is 30.2 Å². The smallest absolute Gasteiger partial charge is 0.394 e. The highest BCUT2D eigenvalue weighted by Gasteiger charge is 2.35. The summed E-state index contributed by atoms with van der Waals surface area (Å²) in [5, 5.41) is 8.63. The van der Waals surface area contributed by atoms with Crippen molar-refractivity contribution in [2.75, 3.05) is 6.61 Å². The van der Waals surface area contributed by atoms with E-state index in [1.165, 1.54) is 0 Å². The van der Waals surface area contributed by atoms with E-state index in [1.54, 1.807) is 0 Å². The summed E-state index contributed by atoms with van der Waals surface area (Å²) in [5.74, 6) is -1.42. The number of hydrogen-bond acceptors (Lipinski definition) is 2. The SMILES string of the molecule is Cl.N[C@@H](CO)c1cccc(C(F)(F)F)c1F. The van der Waals surface area contributed by atoms with Crippen LogP contribution in [0.1, 0.15) is 17.2 Å². The first kappa shape index (κ1) is 15.2. The molecule has 0 saturated heterocycles. The second-order valence-electron chi connectivity index (χ2n) is 3.00. The van der Waals surface area contributed by atoms with Gasteiger partial charge in [0, 0.05) is 5.56 Å². The fraction of sp³-hybridized carbons (Fsp3) is 0.333. The zero-order valence-electron chi connectivity index (χ0n) is 7.96. The van der Waals surface area contributed by atoms with Gasteiger partial charge in [-0.1, -0.05) is 12.1 Å². The summed E-state index contributed by atoms with van der Waals surface area (Å²) in [4.78, 5) is 0. The van der Waals surface area contributed by atoms with Gasteiger partial charge in [-0.15, -0.1) is 12.4 Å². The van der Waals surface area contributed by atoms with Crippen LogP contribution in [0.2, 0.25) is 0 Å². The molecule has 0 radical (unpaired) electrons. The summed E-state index contributed by atoms with van der Waals surface area (Å²) in [6.45, 7) is -0.613. The first-order chi connectivity index (χ1) is 6.88. The van der Waals surface area contributed by atoms with Gasteiger partial charge in [0.15, 0.2) is 0 Å². The predicted molar refractivity (Wildman–Crippen MR) is 52.7 cm³/mol. The summed E-state index contributed by atoms with van der Waals surface area (Å²) in [6.07, 6.45) is -4.75. The fourth-order valence-electron chi connectivity index (χ4n) is 1.15. The number of halogens is 5. The molecular formula is C9H10ClF4NO. The highest BCUT2D eigenvalue weighted by molar-refractivity contribution is 5.85. The van der Waals surface area contributed by atoms with Gasteiger partial charge in [0.25, 0.3) is 0 Å². The normalized spacial score (nSPS) is 13.1. The molecule has 3 N–H and O–H groups in total. The zero-order valence-corrected chi connectivity index (χ0v) is 8.78. The molecule has 16 heavy (non-hydrogen) atoms. The lowest BCUT2D eigenvalue weighted by atomic mass is 10.0. The lowest BCUT2D eigenvalue weighted by molar-refractivity contribution is -0.140. The van der Waals surface area contributed by atoms with Crippen LogP contribution in [0.15, 0.2) is 18.2 Å². The van der Waals surface area contributed by atoms with Crippen LogP contribution in [0.4, 0.5) is 17.6 Å². The average Bonchev–Trinajstić information content (AvgIpc) is 2.15. The van der Waals surface area contributed by atoms with Gasteiger partial charge in [-0.2, -0.15) is 13.2 Å². The van der Waals surface area contributed by atoms with Crippen LogP contribution in [0.25, 0.3) is 0 Å². The molecule has 1 aromatic rings. The van der Waals surface area contributed by atoms with E-state index in [0.29, 0.717) is 6.07 Å². The molecule has 7 heteroatoms. The van der Waals surface area contributed by atoms with E-state index in [-0.39, 0.29) is 18.0 Å². The Balaban J connectivity index is 0.00000225. The van der Waals surface area contributed by atoms with Crippen molar-refractivity contribution >= 4 is 12.4 Å². The molecule has 0 bridgehead atoms. The lowest BCUT2D eigenvalue weighted by Crippen LogP contribution is -2.18. The summed E-state index contributed by atoms with van der Waals surface area (Å²) >= 11 is 0. The van der Waals surface area contributed by atoms with Gasteiger partial charge in [0.2, 0.25) is 0 Å². The quantitative estimate of drug-likeness (QED) is 0.801. The molecule has 0 aliphatic carbocycles. The van der Waals surface area contributed by atoms with Crippen LogP contribution in [0, 0.1) is 5.82 Å². The molecule has 92 valence electrons. The Bertz CT molecular complexity index is 356. The summed E-state index contributed by atoms with van der Waals surface area (Å²) in [7, 11) is 0. The molecule has 0 spiro atoms. The van der Waals surface area contributed by atoms with Crippen LogP contribution < -0.4 is 5.73 Å². The van der Waals surface area contributed by atoms with E-state index >= 15 is 0 Å². The number of hydrogen-bond donors (Lipinski definition) is 2. The number of alkyl halides is 3. The molecule has 0 saturated carbocycles. The molecular weight excluding hydrogens is 250 g/mol. The van der Waals surface area contributed by atoms with Crippen LogP contribution in [-0.4, -0.2) is 11.7 Å². The maximum Gasteiger partial charge on any atom is 0.419 e. The van der Waals surface area contributed by atoms with Gasteiger partial charge >= 0.3 is 6.18 Å². The molecule has 0 heterocycles. The zero-order chi connectivity index (χ0) is 11.6. The molecule has 0 aliphatic rings. The minimum Gasteiger partial charge on any atom is -0.394 e. The number of rotatable bonds is 2. The molecule has 0 amide bonds. The van der Waals surface area contributed by atoms with Gasteiger partial charge in [-0.05, 0) is 6.07 Å². The largest absolute Gasteiger partial charge is 0.419 e. The summed E-state index contributed by atoms with van der Waals surface area (Å²) in [5.41, 5.74) is 3.54. The molecule has 0 fully saturated rings. The van der Waals surface area contributed by atoms with Crippen LogP contribution in [0.3, 0.4) is 0 Å². The Morgan fingerprint density at radius 3 is 2.31 bits per heavy atom. The van der Waals surface area contributed by atoms with Crippen LogP contribution in [-0.2, 0) is 6.18 Å². The minimum atomic E-state index is -4.75. The molecule has 1 atom stereocenters. The number of aliphatic hydroxyl groups excluding tert-OH is 1. The van der Waals surface area contributed by atoms with Crippen molar-refractivity contribution in [3.05, 3.63) is 35.1 Å². The Kier molecular flexibility index (Phi) is 5.18. The first-order valence-corrected chi connectivity index (χ1v) is 4.10. The second-order valence-corrected chi connectivity index (χ2v) is 3.00. The van der Waals surface area contributed by atoms with E-state index in [4.69, 9.17) is 10.8 Å². The molecule has 0 aliphatic heterocycles. The Morgan fingerprint density at radius 1 is 1.31 bits per heavy atom. The third-order valence-electron chi connectivity index (χ3n) is 1.93. The first-order valence-electron chi connectivity index (χ1n) is 4.10. The van der Waals surface area contributed by atoms with Gasteiger partial charge in [0.1, 0.15) is 5.82 Å². The molecule has 1 aromatic carbocycles. The topological polar surface area (TPSA) is 46.2 Å². The maximum atomic E-state index is 13.3. The van der Waals surface area contributed by atoms with E-state index in [2.05, 4.69) is 0 Å². The van der Waals surface area contributed by atoms with Gasteiger partial charge in [0.05, 0.1) is 18.2 Å². The Hall–Kier alpha value is -0.850. The van der Waals surface area contributed by atoms with Crippen molar-refractivity contribution in [2.45, 2.75) is 12.2 Å². The molecule has 1 rings (SSSR count). The van der Waals surface area contributed by atoms with Crippen molar-refractivity contribution in [3.8, 4) is 0 Å². The second kappa shape index (κ2) is 5.47. The molecule has 0 unspecified atom stereocenters. The highest BCUT2D eigenvalue weighted by atomic mass is 35.5. The summed E-state index contributed by atoms with van der Waals surface area (Å²) < 4.78 is 50.1. The third-order valence-corrected chi connectivity index (χ3v) is 1.93. The highest BCUT2D eigenvalue weighted by Crippen LogP contribution is 2.33. The fourth-order valence-corrected chi connectivity index (χ4v) is 1.15. The average molecular weight is 260 g/mol. The third kappa shape index (κ3) is 3.07. The molecule has 0 aromatic heterocycles.